The maximum absolute atomic E-state index is 11.8. The summed E-state index contributed by atoms with van der Waals surface area (Å²) in [7, 11) is 0. The fourth-order valence-corrected chi connectivity index (χ4v) is 2.22. The van der Waals surface area contributed by atoms with Crippen molar-refractivity contribution in [1.82, 2.24) is 15.3 Å². The van der Waals surface area contributed by atoms with Crippen molar-refractivity contribution in [2.75, 3.05) is 0 Å². The summed E-state index contributed by atoms with van der Waals surface area (Å²) in [6.45, 7) is 2.14. The smallest absolute Gasteiger partial charge is 0.354 e. The van der Waals surface area contributed by atoms with Crippen LogP contribution in [0.2, 0.25) is 0 Å². The normalized spacial score (nSPS) is 23.6. The Kier molecular flexibility index (Phi) is 3.12. The SMILES string of the molecule is CC1CCC(NC(=O)c2nc[nH]c2C(=O)O)C1. The lowest BCUT2D eigenvalue weighted by Gasteiger charge is -2.11. The maximum atomic E-state index is 11.8. The Morgan fingerprint density at radius 2 is 2.29 bits per heavy atom. The van der Waals surface area contributed by atoms with E-state index in [9.17, 15) is 9.59 Å². The molecule has 92 valence electrons. The molecule has 1 fully saturated rings. The van der Waals surface area contributed by atoms with Crippen LogP contribution in [0.25, 0.3) is 0 Å². The van der Waals surface area contributed by atoms with Crippen LogP contribution in [0.4, 0.5) is 0 Å². The van der Waals surface area contributed by atoms with E-state index in [4.69, 9.17) is 5.11 Å². The highest BCUT2D eigenvalue weighted by molar-refractivity contribution is 6.02. The van der Waals surface area contributed by atoms with Crippen LogP contribution in [0.1, 0.15) is 47.2 Å². The number of imidazole rings is 1. The summed E-state index contributed by atoms with van der Waals surface area (Å²) in [6.07, 6.45) is 4.20. The van der Waals surface area contributed by atoms with Gasteiger partial charge < -0.3 is 15.4 Å². The number of amides is 1. The number of carbonyl (C=O) groups is 2. The number of aromatic carboxylic acids is 1. The van der Waals surface area contributed by atoms with Crippen LogP contribution in [0.3, 0.4) is 0 Å². The molecule has 0 bridgehead atoms. The monoisotopic (exact) mass is 237 g/mol. The zero-order valence-electron chi connectivity index (χ0n) is 9.56. The van der Waals surface area contributed by atoms with Crippen molar-refractivity contribution >= 4 is 11.9 Å². The highest BCUT2D eigenvalue weighted by atomic mass is 16.4. The van der Waals surface area contributed by atoms with Crippen molar-refractivity contribution in [3.05, 3.63) is 17.7 Å². The van der Waals surface area contributed by atoms with Gasteiger partial charge in [0.1, 0.15) is 0 Å². The molecule has 2 unspecified atom stereocenters. The van der Waals surface area contributed by atoms with Crippen LogP contribution in [-0.2, 0) is 0 Å². The van der Waals surface area contributed by atoms with E-state index in [-0.39, 0.29) is 17.4 Å². The van der Waals surface area contributed by atoms with Crippen LogP contribution in [0.15, 0.2) is 6.33 Å². The Hall–Kier alpha value is -1.85. The fourth-order valence-electron chi connectivity index (χ4n) is 2.22. The Balaban J connectivity index is 2.04. The van der Waals surface area contributed by atoms with Gasteiger partial charge in [0.25, 0.3) is 5.91 Å². The first kappa shape index (κ1) is 11.6. The average Bonchev–Trinajstić information content (AvgIpc) is 2.86. The zero-order valence-corrected chi connectivity index (χ0v) is 9.56. The Morgan fingerprint density at radius 3 is 2.88 bits per heavy atom. The van der Waals surface area contributed by atoms with E-state index in [2.05, 4.69) is 22.2 Å². The molecular formula is C11H15N3O3. The fraction of sp³-hybridized carbons (Fsp3) is 0.545. The van der Waals surface area contributed by atoms with Crippen LogP contribution in [-0.4, -0.2) is 33.0 Å². The van der Waals surface area contributed by atoms with Gasteiger partial charge in [-0.3, -0.25) is 4.79 Å². The Labute approximate surface area is 98.4 Å². The van der Waals surface area contributed by atoms with Gasteiger partial charge in [-0.15, -0.1) is 0 Å². The molecule has 2 rings (SSSR count). The van der Waals surface area contributed by atoms with Crippen molar-refractivity contribution < 1.29 is 14.7 Å². The molecule has 3 N–H and O–H groups in total. The van der Waals surface area contributed by atoms with Gasteiger partial charge in [0, 0.05) is 6.04 Å². The number of carboxylic acid groups (broad SMARTS) is 1. The number of nitrogens with zero attached hydrogens (tertiary/aromatic N) is 1. The van der Waals surface area contributed by atoms with Crippen molar-refractivity contribution in [3.63, 3.8) is 0 Å². The van der Waals surface area contributed by atoms with Crippen LogP contribution < -0.4 is 5.32 Å². The van der Waals surface area contributed by atoms with Crippen LogP contribution >= 0.6 is 0 Å². The van der Waals surface area contributed by atoms with Crippen LogP contribution in [0, 0.1) is 5.92 Å². The Bertz CT molecular complexity index is 441. The van der Waals surface area contributed by atoms with Crippen molar-refractivity contribution in [2.24, 2.45) is 5.92 Å². The number of carbonyl (C=O) groups excluding carboxylic acids is 1. The van der Waals surface area contributed by atoms with Gasteiger partial charge in [0.2, 0.25) is 0 Å². The number of hydrogen-bond acceptors (Lipinski definition) is 3. The molecule has 0 aromatic carbocycles. The molecule has 1 aromatic heterocycles. The molecule has 1 heterocycles. The number of hydrogen-bond donors (Lipinski definition) is 3. The summed E-state index contributed by atoms with van der Waals surface area (Å²) in [5.74, 6) is -0.978. The third-order valence-corrected chi connectivity index (χ3v) is 3.10. The van der Waals surface area contributed by atoms with Gasteiger partial charge in [-0.1, -0.05) is 6.92 Å². The summed E-state index contributed by atoms with van der Waals surface area (Å²) in [4.78, 5) is 28.9. The second-order valence-electron chi connectivity index (χ2n) is 4.52. The first-order valence-electron chi connectivity index (χ1n) is 5.65. The molecule has 0 spiro atoms. The number of H-pyrrole nitrogens is 1. The third kappa shape index (κ3) is 2.46. The lowest BCUT2D eigenvalue weighted by molar-refractivity contribution is 0.0684. The number of carboxylic acids is 1. The molecule has 17 heavy (non-hydrogen) atoms. The minimum absolute atomic E-state index is 0.0444. The third-order valence-electron chi connectivity index (χ3n) is 3.10. The standard InChI is InChI=1S/C11H15N3O3/c1-6-2-3-7(4-6)14-10(15)8-9(11(16)17)13-5-12-8/h5-7H,2-4H2,1H3,(H,12,13)(H,14,15)(H,16,17). The number of nitrogens with one attached hydrogen (secondary N) is 2. The highest BCUT2D eigenvalue weighted by Crippen LogP contribution is 2.24. The first-order chi connectivity index (χ1) is 8.08. The molecule has 6 heteroatoms. The van der Waals surface area contributed by atoms with Crippen molar-refractivity contribution in [1.29, 1.82) is 0 Å². The molecular weight excluding hydrogens is 222 g/mol. The highest BCUT2D eigenvalue weighted by Gasteiger charge is 2.26. The summed E-state index contributed by atoms with van der Waals surface area (Å²) in [5, 5.41) is 11.7. The largest absolute Gasteiger partial charge is 0.477 e. The number of aromatic amines is 1. The van der Waals surface area contributed by atoms with Gasteiger partial charge in [0.15, 0.2) is 11.4 Å². The summed E-state index contributed by atoms with van der Waals surface area (Å²) in [5.41, 5.74) is -0.203. The summed E-state index contributed by atoms with van der Waals surface area (Å²) < 4.78 is 0. The summed E-state index contributed by atoms with van der Waals surface area (Å²) in [6, 6.07) is 0.135. The van der Waals surface area contributed by atoms with Crippen molar-refractivity contribution in [2.45, 2.75) is 32.2 Å². The molecule has 0 aliphatic heterocycles. The van der Waals surface area contributed by atoms with Gasteiger partial charge in [-0.25, -0.2) is 9.78 Å². The second kappa shape index (κ2) is 4.57. The Morgan fingerprint density at radius 1 is 1.53 bits per heavy atom. The van der Waals surface area contributed by atoms with E-state index in [1.54, 1.807) is 0 Å². The molecule has 0 saturated heterocycles. The molecule has 1 saturated carbocycles. The predicted octanol–water partition coefficient (Wildman–Crippen LogP) is 1.03. The maximum Gasteiger partial charge on any atom is 0.354 e. The second-order valence-corrected chi connectivity index (χ2v) is 4.52. The number of aromatic nitrogens is 2. The predicted molar refractivity (Wildman–Crippen MR) is 59.8 cm³/mol. The topological polar surface area (TPSA) is 95.1 Å². The van der Waals surface area contributed by atoms with Gasteiger partial charge in [0.05, 0.1) is 6.33 Å². The van der Waals surface area contributed by atoms with Gasteiger partial charge in [-0.05, 0) is 25.2 Å². The van der Waals surface area contributed by atoms with Gasteiger partial charge >= 0.3 is 5.97 Å². The first-order valence-corrected chi connectivity index (χ1v) is 5.65. The quantitative estimate of drug-likeness (QED) is 0.731. The lowest BCUT2D eigenvalue weighted by atomic mass is 10.1. The molecule has 6 nitrogen and oxygen atoms in total. The van der Waals surface area contributed by atoms with E-state index in [1.807, 2.05) is 0 Å². The molecule has 0 radical (unpaired) electrons. The zero-order chi connectivity index (χ0) is 12.4. The average molecular weight is 237 g/mol. The lowest BCUT2D eigenvalue weighted by Crippen LogP contribution is -2.34. The minimum Gasteiger partial charge on any atom is -0.477 e. The van der Waals surface area contributed by atoms with Crippen LogP contribution in [0.5, 0.6) is 0 Å². The van der Waals surface area contributed by atoms with Crippen molar-refractivity contribution in [3.8, 4) is 0 Å². The molecule has 1 aliphatic rings. The van der Waals surface area contributed by atoms with E-state index in [0.717, 1.165) is 19.3 Å². The molecule has 1 amide bonds. The number of rotatable bonds is 3. The van der Waals surface area contributed by atoms with E-state index in [1.165, 1.54) is 6.33 Å². The van der Waals surface area contributed by atoms with E-state index < -0.39 is 11.9 Å². The molecule has 1 aromatic rings. The van der Waals surface area contributed by atoms with Gasteiger partial charge in [-0.2, -0.15) is 0 Å². The van der Waals surface area contributed by atoms with E-state index >= 15 is 0 Å². The summed E-state index contributed by atoms with van der Waals surface area (Å²) >= 11 is 0. The minimum atomic E-state index is -1.17. The van der Waals surface area contributed by atoms with E-state index in [0.29, 0.717) is 5.92 Å². The molecule has 1 aliphatic carbocycles. The molecule has 2 atom stereocenters.